The zero-order chi connectivity index (χ0) is 35.5. The van der Waals surface area contributed by atoms with E-state index in [0.717, 1.165) is 51.8 Å². The Balaban J connectivity index is 1.39. The lowest BCUT2D eigenvalue weighted by molar-refractivity contribution is -0.130. The molecule has 0 aliphatic carbocycles. The first-order valence-electron chi connectivity index (χ1n) is 17.0. The number of pyridine rings is 1. The van der Waals surface area contributed by atoms with Crippen LogP contribution >= 0.6 is 11.6 Å². The quantitative estimate of drug-likeness (QED) is 0.197. The Morgan fingerprint density at radius 3 is 2.74 bits per heavy atom. The van der Waals surface area contributed by atoms with E-state index in [2.05, 4.69) is 47.9 Å². The molecule has 1 amide bonds. The van der Waals surface area contributed by atoms with Crippen molar-refractivity contribution in [2.24, 2.45) is 4.99 Å². The Morgan fingerprint density at radius 1 is 1.24 bits per heavy atom. The molecule has 4 aromatic rings. The zero-order valence-corrected chi connectivity index (χ0v) is 30.2. The predicted octanol–water partition coefficient (Wildman–Crippen LogP) is 6.38. The monoisotopic (exact) mass is 696 g/mol. The van der Waals surface area contributed by atoms with E-state index in [0.29, 0.717) is 54.3 Å². The van der Waals surface area contributed by atoms with Crippen LogP contribution < -0.4 is 4.90 Å². The van der Waals surface area contributed by atoms with Gasteiger partial charge < -0.3 is 19.4 Å². The SMILES string of the molecule is COC/C=C/C(=O)N1CC[C@H](n2ncc3c(N4CC(C)(N(C)C)C4)nc4c(F)c(-c5c(C)c(C)cc6c5C=NC6)c(Cl)cc4c32)C[C@H]1CC#N. The van der Waals surface area contributed by atoms with Gasteiger partial charge >= 0.3 is 0 Å². The summed E-state index contributed by atoms with van der Waals surface area (Å²) in [6.07, 6.45) is 8.17. The minimum absolute atomic E-state index is 0.0528. The Morgan fingerprint density at radius 2 is 2.02 bits per heavy atom. The molecule has 5 heterocycles. The number of likely N-dealkylation sites (N-methyl/N-ethyl adjacent to an activating group) is 1. The maximum atomic E-state index is 17.3. The van der Waals surface area contributed by atoms with Crippen molar-refractivity contribution in [3.8, 4) is 17.2 Å². The smallest absolute Gasteiger partial charge is 0.246 e. The van der Waals surface area contributed by atoms with Crippen molar-refractivity contribution in [2.75, 3.05) is 52.3 Å². The number of carbonyl (C=O) groups is 1. The highest BCUT2D eigenvalue weighted by molar-refractivity contribution is 6.35. The Bertz CT molecular complexity index is 2130. The number of amides is 1. The fraction of sp³-hybridized carbons (Fsp3) is 0.447. The number of benzene rings is 2. The molecular weight excluding hydrogens is 655 g/mol. The molecule has 50 heavy (non-hydrogen) atoms. The van der Waals surface area contributed by atoms with Crippen molar-refractivity contribution in [2.45, 2.75) is 64.2 Å². The molecule has 0 unspecified atom stereocenters. The maximum Gasteiger partial charge on any atom is 0.246 e. The summed E-state index contributed by atoms with van der Waals surface area (Å²) in [4.78, 5) is 28.8. The van der Waals surface area contributed by atoms with Crippen LogP contribution in [-0.4, -0.2) is 95.7 Å². The standard InChI is InChI=1S/C38H42ClFN8O2/c1-22-14-24-17-42-18-28(24)32(23(22)2)33-30(39)16-27-35(34(33)40)44-37(46-20-38(3,21-46)45(4)5)29-19-43-48(36(27)29)26-10-12-47(25(15-26)9-11-41)31(49)8-7-13-50-6/h7-8,14,16,18-19,25-26H,9-10,12-13,15,17,20-21H2,1-6H3/b8-7+/t25-,26+/m1/s1. The van der Waals surface area contributed by atoms with E-state index < -0.39 is 5.82 Å². The molecular formula is C38H42ClFN8O2. The molecule has 2 saturated heterocycles. The number of ether oxygens (including phenoxy) is 1. The number of carbonyl (C=O) groups excluding carboxylic acids is 1. The van der Waals surface area contributed by atoms with Crippen molar-refractivity contribution in [3.63, 3.8) is 0 Å². The average Bonchev–Trinajstić information content (AvgIpc) is 3.73. The first-order valence-corrected chi connectivity index (χ1v) is 17.4. The first-order chi connectivity index (χ1) is 24.0. The molecule has 2 atom stereocenters. The van der Waals surface area contributed by atoms with E-state index in [-0.39, 0.29) is 35.5 Å². The third-order valence-corrected chi connectivity index (χ3v) is 11.3. The van der Waals surface area contributed by atoms with Gasteiger partial charge in [-0.2, -0.15) is 10.4 Å². The number of aryl methyl sites for hydroxylation is 1. The van der Waals surface area contributed by atoms with Crippen molar-refractivity contribution in [3.05, 3.63) is 63.6 Å². The van der Waals surface area contributed by atoms with Crippen molar-refractivity contribution < 1.29 is 13.9 Å². The van der Waals surface area contributed by atoms with Gasteiger partial charge in [0.15, 0.2) is 5.82 Å². The van der Waals surface area contributed by atoms with Gasteiger partial charge in [-0.3, -0.25) is 14.5 Å². The van der Waals surface area contributed by atoms with Gasteiger partial charge in [0.25, 0.3) is 0 Å². The van der Waals surface area contributed by atoms with E-state index in [1.165, 1.54) is 6.08 Å². The summed E-state index contributed by atoms with van der Waals surface area (Å²) >= 11 is 7.10. The van der Waals surface area contributed by atoms with Gasteiger partial charge in [-0.25, -0.2) is 9.37 Å². The molecule has 0 radical (unpaired) electrons. The normalized spacial score (nSPS) is 19.9. The summed E-state index contributed by atoms with van der Waals surface area (Å²) in [6, 6.07) is 5.78. The fourth-order valence-corrected chi connectivity index (χ4v) is 8.13. The molecule has 0 saturated carbocycles. The van der Waals surface area contributed by atoms with Crippen LogP contribution in [0.4, 0.5) is 10.2 Å². The lowest BCUT2D eigenvalue weighted by Gasteiger charge is -2.52. The lowest BCUT2D eigenvalue weighted by atomic mass is 9.88. The molecule has 0 bridgehead atoms. The van der Waals surface area contributed by atoms with Gasteiger partial charge in [-0.1, -0.05) is 23.7 Å². The molecule has 2 aromatic heterocycles. The third kappa shape index (κ3) is 5.54. The van der Waals surface area contributed by atoms with Gasteiger partial charge in [0.05, 0.1) is 59.3 Å². The number of likely N-dealkylation sites (tertiary alicyclic amines) is 1. The molecule has 10 nitrogen and oxygen atoms in total. The number of hydrogen-bond donors (Lipinski definition) is 0. The highest BCUT2D eigenvalue weighted by Crippen LogP contribution is 2.45. The molecule has 2 aromatic carbocycles. The van der Waals surface area contributed by atoms with Crippen LogP contribution in [0, 0.1) is 31.0 Å². The summed E-state index contributed by atoms with van der Waals surface area (Å²) in [5, 5.41) is 16.3. The Hall–Kier alpha value is -4.37. The zero-order valence-electron chi connectivity index (χ0n) is 29.4. The summed E-state index contributed by atoms with van der Waals surface area (Å²) in [7, 11) is 5.71. The summed E-state index contributed by atoms with van der Waals surface area (Å²) < 4.78 is 24.4. The lowest BCUT2D eigenvalue weighted by Crippen LogP contribution is -2.67. The molecule has 2 fully saturated rings. The molecule has 12 heteroatoms. The van der Waals surface area contributed by atoms with E-state index in [4.69, 9.17) is 26.4 Å². The largest absolute Gasteiger partial charge is 0.381 e. The van der Waals surface area contributed by atoms with Crippen LogP contribution in [0.15, 0.2) is 35.5 Å². The highest BCUT2D eigenvalue weighted by Gasteiger charge is 2.43. The summed E-state index contributed by atoms with van der Waals surface area (Å²) in [5.74, 6) is 0.0673. The number of halogens is 2. The van der Waals surface area contributed by atoms with Crippen molar-refractivity contribution in [1.29, 1.82) is 5.26 Å². The number of fused-ring (bicyclic) bond motifs is 4. The summed E-state index contributed by atoms with van der Waals surface area (Å²) in [5.41, 5.74) is 5.97. The first kappa shape index (κ1) is 34.1. The highest BCUT2D eigenvalue weighted by atomic mass is 35.5. The average molecular weight is 697 g/mol. The van der Waals surface area contributed by atoms with Crippen LogP contribution in [0.2, 0.25) is 5.02 Å². The van der Waals surface area contributed by atoms with Crippen molar-refractivity contribution >= 4 is 51.3 Å². The van der Waals surface area contributed by atoms with Gasteiger partial charge in [-0.05, 0) is 76.0 Å². The van der Waals surface area contributed by atoms with E-state index in [9.17, 15) is 10.1 Å². The molecule has 0 spiro atoms. The molecule has 3 aliphatic heterocycles. The predicted molar refractivity (Wildman–Crippen MR) is 196 cm³/mol. The minimum atomic E-state index is -0.471. The van der Waals surface area contributed by atoms with E-state index in [1.54, 1.807) is 18.1 Å². The number of nitrogens with zero attached hydrogens (tertiary/aromatic N) is 8. The number of anilines is 1. The number of piperidine rings is 1. The van der Waals surface area contributed by atoms with Gasteiger partial charge in [0.1, 0.15) is 11.3 Å². The van der Waals surface area contributed by atoms with Crippen LogP contribution in [0.5, 0.6) is 0 Å². The molecule has 7 rings (SSSR count). The minimum Gasteiger partial charge on any atom is -0.381 e. The van der Waals surface area contributed by atoms with Crippen LogP contribution in [0.25, 0.3) is 32.9 Å². The van der Waals surface area contributed by atoms with Crippen molar-refractivity contribution in [1.82, 2.24) is 24.6 Å². The molecule has 260 valence electrons. The van der Waals surface area contributed by atoms with Gasteiger partial charge in [0, 0.05) is 61.6 Å². The number of methoxy groups -OCH3 is 1. The van der Waals surface area contributed by atoms with E-state index in [1.807, 2.05) is 37.0 Å². The second kappa shape index (κ2) is 13.1. The van der Waals surface area contributed by atoms with Crippen LogP contribution in [0.1, 0.15) is 54.5 Å². The Kier molecular flexibility index (Phi) is 8.91. The second-order valence-electron chi connectivity index (χ2n) is 14.3. The Labute approximate surface area is 296 Å². The number of hydrogen-bond acceptors (Lipinski definition) is 8. The summed E-state index contributed by atoms with van der Waals surface area (Å²) in [6.45, 7) is 9.03. The molecule has 3 aliphatic rings. The number of nitriles is 1. The van der Waals surface area contributed by atoms with Crippen LogP contribution in [-0.2, 0) is 16.1 Å². The van der Waals surface area contributed by atoms with Crippen LogP contribution in [0.3, 0.4) is 0 Å². The van der Waals surface area contributed by atoms with E-state index >= 15 is 4.39 Å². The molecule has 0 N–H and O–H groups in total. The topological polar surface area (TPSA) is 103 Å². The number of aliphatic imine (C=N–C) groups is 1. The maximum absolute atomic E-state index is 17.3. The number of aromatic nitrogens is 3. The van der Waals surface area contributed by atoms with Gasteiger partial charge in [0.2, 0.25) is 5.91 Å². The fourth-order valence-electron chi connectivity index (χ4n) is 7.84. The third-order valence-electron chi connectivity index (χ3n) is 11.0. The second-order valence-corrected chi connectivity index (χ2v) is 14.7. The number of rotatable bonds is 8. The van der Waals surface area contributed by atoms with Gasteiger partial charge in [-0.15, -0.1) is 0 Å².